The van der Waals surface area contributed by atoms with Crippen molar-refractivity contribution in [2.45, 2.75) is 24.7 Å². The average molecular weight is 309 g/mol. The van der Waals surface area contributed by atoms with Gasteiger partial charge in [-0.05, 0) is 24.6 Å². The minimum Gasteiger partial charge on any atom is -0.337 e. The van der Waals surface area contributed by atoms with Crippen LogP contribution in [-0.2, 0) is 14.6 Å². The lowest BCUT2D eigenvalue weighted by molar-refractivity contribution is -0.125. The Morgan fingerprint density at radius 2 is 2.10 bits per heavy atom. The van der Waals surface area contributed by atoms with Crippen molar-refractivity contribution in [3.05, 3.63) is 29.8 Å². The summed E-state index contributed by atoms with van der Waals surface area (Å²) < 4.78 is 23.1. The standard InChI is InChI=1S/C15H19NO4S/c1-3-11-10-16(8-7-14(11)17)15(18)12-5-4-6-13(9-12)21(2,19)20/h4-6,9,11H,3,7-8,10H2,1-2H3. The van der Waals surface area contributed by atoms with Crippen molar-refractivity contribution in [2.75, 3.05) is 19.3 Å². The molecule has 1 aliphatic rings. The molecule has 0 radical (unpaired) electrons. The quantitative estimate of drug-likeness (QED) is 0.849. The molecule has 0 N–H and O–H groups in total. The van der Waals surface area contributed by atoms with Crippen molar-refractivity contribution in [1.82, 2.24) is 4.90 Å². The van der Waals surface area contributed by atoms with E-state index in [4.69, 9.17) is 0 Å². The molecule has 1 aromatic carbocycles. The number of amides is 1. The van der Waals surface area contributed by atoms with Gasteiger partial charge in [-0.25, -0.2) is 8.42 Å². The zero-order valence-electron chi connectivity index (χ0n) is 12.2. The van der Waals surface area contributed by atoms with E-state index < -0.39 is 9.84 Å². The predicted octanol–water partition coefficient (Wildman–Crippen LogP) is 1.53. The van der Waals surface area contributed by atoms with Gasteiger partial charge in [-0.15, -0.1) is 0 Å². The minimum absolute atomic E-state index is 0.110. The monoisotopic (exact) mass is 309 g/mol. The number of nitrogens with zero attached hydrogens (tertiary/aromatic N) is 1. The maximum Gasteiger partial charge on any atom is 0.253 e. The number of hydrogen-bond donors (Lipinski definition) is 0. The van der Waals surface area contributed by atoms with E-state index >= 15 is 0 Å². The molecule has 0 aliphatic carbocycles. The Bertz CT molecular complexity index is 666. The van der Waals surface area contributed by atoms with Gasteiger partial charge in [0.25, 0.3) is 5.91 Å². The van der Waals surface area contributed by atoms with Gasteiger partial charge in [-0.1, -0.05) is 13.0 Å². The van der Waals surface area contributed by atoms with Crippen molar-refractivity contribution in [3.63, 3.8) is 0 Å². The number of Topliss-reactive ketones (excluding diaryl/α,β-unsaturated/α-hetero) is 1. The fourth-order valence-electron chi connectivity index (χ4n) is 2.49. The molecule has 21 heavy (non-hydrogen) atoms. The Hall–Kier alpha value is -1.69. The first kappa shape index (κ1) is 15.7. The summed E-state index contributed by atoms with van der Waals surface area (Å²) in [6.07, 6.45) is 2.20. The molecule has 1 atom stereocenters. The van der Waals surface area contributed by atoms with Gasteiger partial charge in [0, 0.05) is 37.2 Å². The zero-order valence-corrected chi connectivity index (χ0v) is 13.0. The van der Waals surface area contributed by atoms with Gasteiger partial charge in [0.05, 0.1) is 4.90 Å². The van der Waals surface area contributed by atoms with Crippen LogP contribution < -0.4 is 0 Å². The lowest BCUT2D eigenvalue weighted by atomic mass is 9.93. The second-order valence-corrected chi connectivity index (χ2v) is 7.39. The summed E-state index contributed by atoms with van der Waals surface area (Å²) in [6, 6.07) is 6.04. The Morgan fingerprint density at radius 1 is 1.38 bits per heavy atom. The molecule has 1 heterocycles. The fraction of sp³-hybridized carbons (Fsp3) is 0.467. The molecule has 1 unspecified atom stereocenters. The van der Waals surface area contributed by atoms with E-state index in [9.17, 15) is 18.0 Å². The van der Waals surface area contributed by atoms with Crippen LogP contribution in [0, 0.1) is 5.92 Å². The van der Waals surface area contributed by atoms with Gasteiger partial charge in [0.15, 0.2) is 9.84 Å². The van der Waals surface area contributed by atoms with E-state index in [2.05, 4.69) is 0 Å². The highest BCUT2D eigenvalue weighted by Gasteiger charge is 2.29. The molecule has 1 aliphatic heterocycles. The van der Waals surface area contributed by atoms with Gasteiger partial charge in [0.2, 0.25) is 0 Å². The normalized spacial score (nSPS) is 19.6. The zero-order chi connectivity index (χ0) is 15.6. The van der Waals surface area contributed by atoms with Crippen molar-refractivity contribution in [2.24, 2.45) is 5.92 Å². The van der Waals surface area contributed by atoms with Crippen LogP contribution in [0.3, 0.4) is 0 Å². The van der Waals surface area contributed by atoms with E-state index in [1.165, 1.54) is 12.1 Å². The van der Waals surface area contributed by atoms with E-state index in [-0.39, 0.29) is 22.5 Å². The number of sulfone groups is 1. The number of carbonyl (C=O) groups excluding carboxylic acids is 2. The average Bonchev–Trinajstić information content (AvgIpc) is 2.46. The molecule has 2 rings (SSSR count). The van der Waals surface area contributed by atoms with Crippen molar-refractivity contribution >= 4 is 21.5 Å². The highest BCUT2D eigenvalue weighted by atomic mass is 32.2. The van der Waals surface area contributed by atoms with E-state index in [1.807, 2.05) is 6.92 Å². The molecular weight excluding hydrogens is 290 g/mol. The van der Waals surface area contributed by atoms with Crippen molar-refractivity contribution < 1.29 is 18.0 Å². The Balaban J connectivity index is 2.23. The van der Waals surface area contributed by atoms with E-state index in [1.54, 1.807) is 17.0 Å². The smallest absolute Gasteiger partial charge is 0.253 e. The second-order valence-electron chi connectivity index (χ2n) is 5.37. The molecule has 1 aromatic rings. The summed E-state index contributed by atoms with van der Waals surface area (Å²) in [7, 11) is -3.34. The van der Waals surface area contributed by atoms with Crippen LogP contribution in [0.5, 0.6) is 0 Å². The number of benzene rings is 1. The van der Waals surface area contributed by atoms with Crippen LogP contribution in [0.1, 0.15) is 30.1 Å². The highest BCUT2D eigenvalue weighted by Crippen LogP contribution is 2.19. The molecule has 1 saturated heterocycles. The van der Waals surface area contributed by atoms with Crippen LogP contribution in [0.4, 0.5) is 0 Å². The maximum atomic E-state index is 12.5. The first-order valence-corrected chi connectivity index (χ1v) is 8.84. The number of piperidine rings is 1. The Kier molecular flexibility index (Phi) is 4.46. The highest BCUT2D eigenvalue weighted by molar-refractivity contribution is 7.90. The second kappa shape index (κ2) is 5.97. The first-order chi connectivity index (χ1) is 9.82. The van der Waals surface area contributed by atoms with Crippen molar-refractivity contribution in [1.29, 1.82) is 0 Å². The molecule has 0 aromatic heterocycles. The van der Waals surface area contributed by atoms with Crippen LogP contribution >= 0.6 is 0 Å². The summed E-state index contributed by atoms with van der Waals surface area (Å²) in [5, 5.41) is 0. The fourth-order valence-corrected chi connectivity index (χ4v) is 3.16. The third-order valence-electron chi connectivity index (χ3n) is 3.81. The molecule has 1 amide bonds. The molecule has 1 fully saturated rings. The van der Waals surface area contributed by atoms with Crippen molar-refractivity contribution in [3.8, 4) is 0 Å². The topological polar surface area (TPSA) is 71.5 Å². The molecule has 114 valence electrons. The van der Waals surface area contributed by atoms with Gasteiger partial charge < -0.3 is 4.90 Å². The van der Waals surface area contributed by atoms with Gasteiger partial charge in [0.1, 0.15) is 5.78 Å². The SMILES string of the molecule is CCC1CN(C(=O)c2cccc(S(C)(=O)=O)c2)CCC1=O. The number of ketones is 1. The summed E-state index contributed by atoms with van der Waals surface area (Å²) >= 11 is 0. The molecule has 0 spiro atoms. The summed E-state index contributed by atoms with van der Waals surface area (Å²) in [5.74, 6) is -0.126. The van der Waals surface area contributed by atoms with Crippen LogP contribution in [0.2, 0.25) is 0 Å². The van der Waals surface area contributed by atoms with Gasteiger partial charge >= 0.3 is 0 Å². The van der Waals surface area contributed by atoms with E-state index in [0.717, 1.165) is 6.26 Å². The maximum absolute atomic E-state index is 12.5. The van der Waals surface area contributed by atoms with Gasteiger partial charge in [-0.2, -0.15) is 0 Å². The largest absolute Gasteiger partial charge is 0.337 e. The summed E-state index contributed by atoms with van der Waals surface area (Å²) in [6.45, 7) is 2.75. The minimum atomic E-state index is -3.34. The molecule has 0 bridgehead atoms. The van der Waals surface area contributed by atoms with Crippen LogP contribution in [0.15, 0.2) is 29.2 Å². The molecule has 6 heteroatoms. The summed E-state index contributed by atoms with van der Waals surface area (Å²) in [4.78, 5) is 25.9. The number of rotatable bonds is 3. The lowest BCUT2D eigenvalue weighted by Crippen LogP contribution is -2.43. The molecular formula is C15H19NO4S. The molecule has 5 nitrogen and oxygen atoms in total. The predicted molar refractivity (Wildman–Crippen MR) is 78.9 cm³/mol. The number of hydrogen-bond acceptors (Lipinski definition) is 4. The number of carbonyl (C=O) groups is 2. The van der Waals surface area contributed by atoms with Crippen LogP contribution in [0.25, 0.3) is 0 Å². The lowest BCUT2D eigenvalue weighted by Gasteiger charge is -2.31. The Labute approximate surface area is 124 Å². The third-order valence-corrected chi connectivity index (χ3v) is 4.92. The summed E-state index contributed by atoms with van der Waals surface area (Å²) in [5.41, 5.74) is 0.349. The first-order valence-electron chi connectivity index (χ1n) is 6.95. The Morgan fingerprint density at radius 3 is 2.71 bits per heavy atom. The van der Waals surface area contributed by atoms with Crippen LogP contribution in [-0.4, -0.2) is 44.4 Å². The number of likely N-dealkylation sites (tertiary alicyclic amines) is 1. The van der Waals surface area contributed by atoms with Gasteiger partial charge in [-0.3, -0.25) is 9.59 Å². The third kappa shape index (κ3) is 3.50. The van der Waals surface area contributed by atoms with E-state index in [0.29, 0.717) is 31.5 Å². The molecule has 0 saturated carbocycles.